The van der Waals surface area contributed by atoms with Gasteiger partial charge in [-0.3, -0.25) is 4.79 Å². The van der Waals surface area contributed by atoms with Crippen LogP contribution in [-0.4, -0.2) is 11.9 Å². The minimum Gasteiger partial charge on any atom is -0.338 e. The topological polar surface area (TPSA) is 29.1 Å². The SMILES string of the molecule is C#CC(CC)NC(=O)c1ccc(F)cc1I. The Morgan fingerprint density at radius 1 is 1.69 bits per heavy atom. The number of hydrogen-bond acceptors (Lipinski definition) is 1. The second-order valence-corrected chi connectivity index (χ2v) is 4.39. The summed E-state index contributed by atoms with van der Waals surface area (Å²) in [6, 6.07) is 3.74. The zero-order chi connectivity index (χ0) is 12.1. The van der Waals surface area contributed by atoms with Crippen LogP contribution in [0.5, 0.6) is 0 Å². The Kier molecular flexibility index (Phi) is 4.74. The van der Waals surface area contributed by atoms with Crippen LogP contribution >= 0.6 is 22.6 Å². The fraction of sp³-hybridized carbons (Fsp3) is 0.250. The summed E-state index contributed by atoms with van der Waals surface area (Å²) in [4.78, 5) is 11.8. The van der Waals surface area contributed by atoms with Crippen molar-refractivity contribution in [1.82, 2.24) is 5.32 Å². The molecule has 0 saturated heterocycles. The first-order chi connectivity index (χ1) is 7.58. The molecule has 0 radical (unpaired) electrons. The Hall–Kier alpha value is -1.09. The normalized spacial score (nSPS) is 11.6. The molecule has 1 rings (SSSR count). The minimum absolute atomic E-state index is 0.269. The zero-order valence-electron chi connectivity index (χ0n) is 8.76. The van der Waals surface area contributed by atoms with Gasteiger partial charge in [0.15, 0.2) is 0 Å². The van der Waals surface area contributed by atoms with Gasteiger partial charge in [-0.15, -0.1) is 6.42 Å². The Bertz CT molecular complexity index is 439. The lowest BCUT2D eigenvalue weighted by molar-refractivity contribution is 0.0944. The third-order valence-electron chi connectivity index (χ3n) is 2.09. The molecule has 0 spiro atoms. The number of terminal acetylenes is 1. The van der Waals surface area contributed by atoms with Gasteiger partial charge in [-0.2, -0.15) is 0 Å². The van der Waals surface area contributed by atoms with Gasteiger partial charge in [0, 0.05) is 3.57 Å². The molecular weight excluding hydrogens is 320 g/mol. The van der Waals surface area contributed by atoms with Crippen molar-refractivity contribution >= 4 is 28.5 Å². The van der Waals surface area contributed by atoms with Gasteiger partial charge in [0.2, 0.25) is 0 Å². The van der Waals surface area contributed by atoms with Gasteiger partial charge in [0.25, 0.3) is 5.91 Å². The Balaban J connectivity index is 2.85. The number of nitrogens with one attached hydrogen (secondary N) is 1. The monoisotopic (exact) mass is 331 g/mol. The summed E-state index contributed by atoms with van der Waals surface area (Å²) in [5, 5.41) is 2.69. The fourth-order valence-electron chi connectivity index (χ4n) is 1.17. The first kappa shape index (κ1) is 13.0. The smallest absolute Gasteiger partial charge is 0.253 e. The van der Waals surface area contributed by atoms with Crippen LogP contribution in [0.4, 0.5) is 4.39 Å². The van der Waals surface area contributed by atoms with E-state index in [1.54, 1.807) is 0 Å². The van der Waals surface area contributed by atoms with E-state index in [9.17, 15) is 9.18 Å². The van der Waals surface area contributed by atoms with Gasteiger partial charge in [-0.25, -0.2) is 4.39 Å². The summed E-state index contributed by atoms with van der Waals surface area (Å²) in [5.74, 6) is 1.85. The van der Waals surface area contributed by atoms with Crippen molar-refractivity contribution in [3.63, 3.8) is 0 Å². The lowest BCUT2D eigenvalue weighted by Gasteiger charge is -2.11. The van der Waals surface area contributed by atoms with Crippen LogP contribution in [0.1, 0.15) is 23.7 Å². The number of carbonyl (C=O) groups is 1. The van der Waals surface area contributed by atoms with Crippen LogP contribution in [0, 0.1) is 21.7 Å². The lowest BCUT2D eigenvalue weighted by atomic mass is 10.1. The molecule has 2 nitrogen and oxygen atoms in total. The van der Waals surface area contributed by atoms with Crippen LogP contribution < -0.4 is 5.32 Å². The molecular formula is C12H11FINO. The van der Waals surface area contributed by atoms with Crippen molar-refractivity contribution in [2.24, 2.45) is 0 Å². The van der Waals surface area contributed by atoms with E-state index in [0.717, 1.165) is 0 Å². The van der Waals surface area contributed by atoms with E-state index < -0.39 is 0 Å². The van der Waals surface area contributed by atoms with Crippen LogP contribution in [0.2, 0.25) is 0 Å². The molecule has 0 heterocycles. The number of benzene rings is 1. The largest absolute Gasteiger partial charge is 0.338 e. The number of amides is 1. The van der Waals surface area contributed by atoms with Gasteiger partial charge in [-0.1, -0.05) is 12.8 Å². The summed E-state index contributed by atoms with van der Waals surface area (Å²) in [6.07, 6.45) is 5.91. The molecule has 0 fully saturated rings. The van der Waals surface area contributed by atoms with Crippen molar-refractivity contribution in [2.75, 3.05) is 0 Å². The van der Waals surface area contributed by atoms with Crippen LogP contribution in [0.15, 0.2) is 18.2 Å². The number of carbonyl (C=O) groups excluding carboxylic acids is 1. The van der Waals surface area contributed by atoms with Crippen molar-refractivity contribution in [2.45, 2.75) is 19.4 Å². The van der Waals surface area contributed by atoms with Crippen LogP contribution in [-0.2, 0) is 0 Å². The lowest BCUT2D eigenvalue weighted by Crippen LogP contribution is -2.33. The third kappa shape index (κ3) is 3.20. The van der Waals surface area contributed by atoms with Crippen molar-refractivity contribution < 1.29 is 9.18 Å². The Morgan fingerprint density at radius 3 is 2.88 bits per heavy atom. The molecule has 16 heavy (non-hydrogen) atoms. The van der Waals surface area contributed by atoms with E-state index in [1.165, 1.54) is 18.2 Å². The average Bonchev–Trinajstić information content (AvgIpc) is 2.25. The van der Waals surface area contributed by atoms with Crippen molar-refractivity contribution in [3.8, 4) is 12.3 Å². The molecule has 0 aliphatic heterocycles. The molecule has 0 aliphatic carbocycles. The zero-order valence-corrected chi connectivity index (χ0v) is 10.9. The second-order valence-electron chi connectivity index (χ2n) is 3.23. The van der Waals surface area contributed by atoms with E-state index in [4.69, 9.17) is 6.42 Å². The first-order valence-corrected chi connectivity index (χ1v) is 5.88. The number of rotatable bonds is 3. The summed E-state index contributed by atoms with van der Waals surface area (Å²) in [7, 11) is 0. The molecule has 1 atom stereocenters. The second kappa shape index (κ2) is 5.85. The van der Waals surface area contributed by atoms with E-state index >= 15 is 0 Å². The molecule has 1 unspecified atom stereocenters. The highest BCUT2D eigenvalue weighted by Crippen LogP contribution is 2.14. The third-order valence-corrected chi connectivity index (χ3v) is 2.98. The Labute approximate surface area is 108 Å². The van der Waals surface area contributed by atoms with Gasteiger partial charge < -0.3 is 5.32 Å². The predicted molar refractivity (Wildman–Crippen MR) is 69.5 cm³/mol. The minimum atomic E-state index is -0.357. The molecule has 84 valence electrons. The van der Waals surface area contributed by atoms with E-state index in [0.29, 0.717) is 15.6 Å². The summed E-state index contributed by atoms with van der Waals surface area (Å²) in [6.45, 7) is 1.89. The first-order valence-electron chi connectivity index (χ1n) is 4.80. The van der Waals surface area contributed by atoms with E-state index in [1.807, 2.05) is 29.5 Å². The summed E-state index contributed by atoms with van der Waals surface area (Å²) < 4.78 is 13.4. The molecule has 0 aromatic heterocycles. The molecule has 0 bridgehead atoms. The highest BCUT2D eigenvalue weighted by molar-refractivity contribution is 14.1. The van der Waals surface area contributed by atoms with E-state index in [-0.39, 0.29) is 17.8 Å². The standard InChI is InChI=1S/C12H11FINO/c1-3-9(4-2)15-12(16)10-6-5-8(13)7-11(10)14/h1,5-7,9H,4H2,2H3,(H,15,16). The Morgan fingerprint density at radius 2 is 2.38 bits per heavy atom. The molecule has 0 aliphatic rings. The summed E-state index contributed by atoms with van der Waals surface area (Å²) >= 11 is 1.92. The molecule has 1 amide bonds. The highest BCUT2D eigenvalue weighted by Gasteiger charge is 2.13. The maximum Gasteiger partial charge on any atom is 0.253 e. The van der Waals surface area contributed by atoms with Crippen LogP contribution in [0.25, 0.3) is 0 Å². The molecule has 0 saturated carbocycles. The number of halogens is 2. The highest BCUT2D eigenvalue weighted by atomic mass is 127. The van der Waals surface area contributed by atoms with Gasteiger partial charge in [0.1, 0.15) is 5.82 Å². The van der Waals surface area contributed by atoms with Crippen molar-refractivity contribution in [3.05, 3.63) is 33.1 Å². The van der Waals surface area contributed by atoms with Crippen molar-refractivity contribution in [1.29, 1.82) is 0 Å². The van der Waals surface area contributed by atoms with Gasteiger partial charge >= 0.3 is 0 Å². The maximum absolute atomic E-state index is 12.8. The average molecular weight is 331 g/mol. The molecule has 1 aromatic rings. The molecule has 1 N–H and O–H groups in total. The van der Waals surface area contributed by atoms with Gasteiger partial charge in [-0.05, 0) is 47.2 Å². The number of hydrogen-bond donors (Lipinski definition) is 1. The molecule has 4 heteroatoms. The fourth-order valence-corrected chi connectivity index (χ4v) is 1.89. The van der Waals surface area contributed by atoms with E-state index in [2.05, 4.69) is 11.2 Å². The van der Waals surface area contributed by atoms with Gasteiger partial charge in [0.05, 0.1) is 11.6 Å². The predicted octanol–water partition coefficient (Wildman–Crippen LogP) is 2.57. The summed E-state index contributed by atoms with van der Waals surface area (Å²) in [5.41, 5.74) is 0.440. The maximum atomic E-state index is 12.8. The molecule has 1 aromatic carbocycles. The van der Waals surface area contributed by atoms with Crippen LogP contribution in [0.3, 0.4) is 0 Å². The quantitative estimate of drug-likeness (QED) is 0.669.